The van der Waals surface area contributed by atoms with Crippen molar-refractivity contribution in [1.29, 1.82) is 0 Å². The number of aliphatic hydroxyl groups is 4. The van der Waals surface area contributed by atoms with Crippen molar-refractivity contribution in [3.63, 3.8) is 0 Å². The van der Waals surface area contributed by atoms with Crippen molar-refractivity contribution >= 4 is 23.9 Å². The molecule has 0 saturated carbocycles. The minimum Gasteiger partial charge on any atom is -0.445 e. The van der Waals surface area contributed by atoms with Crippen molar-refractivity contribution in [1.82, 2.24) is 0 Å². The predicted octanol–water partition coefficient (Wildman–Crippen LogP) is 2.45. The Kier molecular flexibility index (Phi) is 13.1. The summed E-state index contributed by atoms with van der Waals surface area (Å²) in [6.07, 6.45) is -10.8. The van der Waals surface area contributed by atoms with Crippen molar-refractivity contribution in [3.8, 4) is 0 Å². The molecule has 0 rings (SSSR count). The molecule has 20 heteroatoms. The van der Waals surface area contributed by atoms with Gasteiger partial charge in [-0.1, -0.05) is 26.3 Å². The first kappa shape index (κ1) is 42.1. The molecule has 0 aliphatic heterocycles. The molecule has 0 aliphatic rings. The average molecular weight is 686 g/mol. The number of esters is 4. The second kappa shape index (κ2) is 14.3. The number of ether oxygens (including phenoxy) is 4. The topological polar surface area (TPSA) is 186 Å². The zero-order chi connectivity index (χ0) is 37.0. The summed E-state index contributed by atoms with van der Waals surface area (Å²) in [7, 11) is 0. The van der Waals surface area contributed by atoms with Crippen molar-refractivity contribution in [3.05, 3.63) is 48.6 Å². The number of rotatable bonds is 17. The van der Waals surface area contributed by atoms with E-state index >= 15 is 17.6 Å². The molecule has 3 unspecified atom stereocenters. The van der Waals surface area contributed by atoms with Crippen LogP contribution in [0.5, 0.6) is 0 Å². The molecule has 0 saturated heterocycles. The van der Waals surface area contributed by atoms with Crippen molar-refractivity contribution in [2.24, 2.45) is 0 Å². The molecule has 0 aromatic rings. The van der Waals surface area contributed by atoms with Crippen LogP contribution in [0.25, 0.3) is 0 Å². The minimum absolute atomic E-state index is 0.599. The molecular formula is C26H30F8O12. The number of hydrogen-bond donors (Lipinski definition) is 4. The van der Waals surface area contributed by atoms with Crippen LogP contribution in [0.2, 0.25) is 0 Å². The molecule has 0 amide bonds. The largest absolute Gasteiger partial charge is 0.448 e. The highest BCUT2D eigenvalue weighted by Gasteiger charge is 2.87. The number of carbonyl (C=O) groups is 4. The lowest BCUT2D eigenvalue weighted by Gasteiger charge is -2.47. The Bertz CT molecular complexity index is 1250. The summed E-state index contributed by atoms with van der Waals surface area (Å²) in [4.78, 5) is 49.4. The molecule has 3 atom stereocenters. The van der Waals surface area contributed by atoms with Gasteiger partial charge in [0.2, 0.25) is 6.10 Å². The first-order valence-corrected chi connectivity index (χ1v) is 12.2. The average Bonchev–Trinajstić information content (AvgIpc) is 2.89. The van der Waals surface area contributed by atoms with Gasteiger partial charge in [-0.05, 0) is 27.7 Å². The highest BCUT2D eigenvalue weighted by atomic mass is 19.4. The van der Waals surface area contributed by atoms with E-state index in [2.05, 4.69) is 45.3 Å². The van der Waals surface area contributed by atoms with Crippen LogP contribution in [-0.2, 0) is 38.1 Å². The number of alkyl halides is 8. The lowest BCUT2D eigenvalue weighted by Crippen LogP contribution is -2.76. The molecule has 46 heavy (non-hydrogen) atoms. The lowest BCUT2D eigenvalue weighted by molar-refractivity contribution is -0.482. The second-order valence-corrected chi connectivity index (χ2v) is 9.87. The van der Waals surface area contributed by atoms with Crippen molar-refractivity contribution < 1.29 is 93.7 Å². The Morgan fingerprint density at radius 1 is 0.652 bits per heavy atom. The Morgan fingerprint density at radius 2 is 1.00 bits per heavy atom. The third-order valence-electron chi connectivity index (χ3n) is 5.44. The summed E-state index contributed by atoms with van der Waals surface area (Å²) in [5.74, 6) is -47.9. The monoisotopic (exact) mass is 686 g/mol. The molecule has 0 heterocycles. The van der Waals surface area contributed by atoms with Gasteiger partial charge in [0, 0.05) is 28.7 Å². The van der Waals surface area contributed by atoms with Gasteiger partial charge >= 0.3 is 59.3 Å². The highest BCUT2D eigenvalue weighted by molar-refractivity contribution is 5.90. The van der Waals surface area contributed by atoms with E-state index in [1.54, 1.807) is 0 Å². The molecule has 0 radical (unpaired) electrons. The van der Waals surface area contributed by atoms with Crippen LogP contribution in [0.15, 0.2) is 48.6 Å². The lowest BCUT2D eigenvalue weighted by atomic mass is 9.88. The smallest absolute Gasteiger partial charge is 0.445 e. The van der Waals surface area contributed by atoms with E-state index in [0.717, 1.165) is 13.8 Å². The number of halogens is 8. The van der Waals surface area contributed by atoms with Crippen LogP contribution in [0.4, 0.5) is 35.1 Å². The standard InChI is InChI=1S/C26H30F8O12/c1-11(2)16(37)43-20(22(29,30)25(33,34)24(31,32)21(27,28)9-15(36)10-35)23(41,44-17(38)12(3)4)26(42,45-18(39)13(5)6)46-19(40)14(7)8/h15,20,35-36,41-42H,1,3,5,7,9-10H2,2,4,6,8H3. The van der Waals surface area contributed by atoms with Crippen LogP contribution in [0, 0.1) is 0 Å². The third kappa shape index (κ3) is 8.28. The van der Waals surface area contributed by atoms with Crippen LogP contribution in [-0.4, -0.2) is 98.6 Å². The zero-order valence-corrected chi connectivity index (χ0v) is 24.5. The summed E-state index contributed by atoms with van der Waals surface area (Å²) in [5, 5.41) is 40.1. The number of hydrogen-bond acceptors (Lipinski definition) is 12. The maximum absolute atomic E-state index is 15.8. The third-order valence-corrected chi connectivity index (χ3v) is 5.44. The first-order valence-electron chi connectivity index (χ1n) is 12.2. The van der Waals surface area contributed by atoms with E-state index in [9.17, 15) is 47.0 Å². The minimum atomic E-state index is -7.60. The maximum atomic E-state index is 15.8. The molecule has 4 N–H and O–H groups in total. The highest BCUT2D eigenvalue weighted by Crippen LogP contribution is 2.57. The van der Waals surface area contributed by atoms with Gasteiger partial charge in [-0.25, -0.2) is 19.2 Å². The van der Waals surface area contributed by atoms with Gasteiger partial charge in [-0.2, -0.15) is 35.1 Å². The number of carbonyl (C=O) groups excluding carboxylic acids is 4. The first-order chi connectivity index (χ1) is 20.4. The van der Waals surface area contributed by atoms with Gasteiger partial charge in [0.25, 0.3) is 0 Å². The van der Waals surface area contributed by atoms with E-state index in [0.29, 0.717) is 13.8 Å². The normalized spacial score (nSPS) is 15.4. The molecule has 0 bridgehead atoms. The molecule has 0 aromatic heterocycles. The molecule has 0 spiro atoms. The fraction of sp³-hybridized carbons (Fsp3) is 0.538. The van der Waals surface area contributed by atoms with Crippen LogP contribution >= 0.6 is 0 Å². The van der Waals surface area contributed by atoms with E-state index < -0.39 is 107 Å². The Morgan fingerprint density at radius 3 is 1.33 bits per heavy atom. The van der Waals surface area contributed by atoms with E-state index in [1.807, 2.05) is 0 Å². The van der Waals surface area contributed by atoms with Gasteiger partial charge in [0.15, 0.2) is 0 Å². The van der Waals surface area contributed by atoms with Gasteiger partial charge in [0.05, 0.1) is 12.7 Å². The Hall–Kier alpha value is -3.88. The number of aliphatic hydroxyl groups excluding tert-OH is 2. The van der Waals surface area contributed by atoms with Gasteiger partial charge in [0.1, 0.15) is 0 Å². The summed E-state index contributed by atoms with van der Waals surface area (Å²) >= 11 is 0. The summed E-state index contributed by atoms with van der Waals surface area (Å²) in [6.45, 7) is 12.8. The summed E-state index contributed by atoms with van der Waals surface area (Å²) in [5.41, 5.74) is -3.84. The van der Waals surface area contributed by atoms with Gasteiger partial charge < -0.3 is 39.4 Å². The predicted molar refractivity (Wildman–Crippen MR) is 135 cm³/mol. The van der Waals surface area contributed by atoms with Crippen molar-refractivity contribution in [2.75, 3.05) is 6.61 Å². The second-order valence-electron chi connectivity index (χ2n) is 9.87. The molecular weight excluding hydrogens is 656 g/mol. The Balaban J connectivity index is 8.21. The SMILES string of the molecule is C=C(C)C(=O)OC(C(F)(F)C(F)(F)C(F)(F)C(F)(F)CC(O)CO)C(O)(OC(=O)C(=C)C)C(O)(OC(=O)C(=C)C)OC(=O)C(=C)C. The fourth-order valence-corrected chi connectivity index (χ4v) is 2.80. The quantitative estimate of drug-likeness (QED) is 0.0577. The van der Waals surface area contributed by atoms with E-state index in [1.165, 1.54) is 0 Å². The molecule has 0 fully saturated rings. The van der Waals surface area contributed by atoms with Crippen LogP contribution in [0.3, 0.4) is 0 Å². The Labute approximate surface area is 255 Å². The summed E-state index contributed by atoms with van der Waals surface area (Å²) < 4.78 is 137. The van der Waals surface area contributed by atoms with Gasteiger partial charge in [-0.15, -0.1) is 0 Å². The van der Waals surface area contributed by atoms with Crippen molar-refractivity contribution in [2.45, 2.75) is 81.8 Å². The molecule has 262 valence electrons. The maximum Gasteiger partial charge on any atom is 0.448 e. The summed E-state index contributed by atoms with van der Waals surface area (Å²) in [6, 6.07) is 0. The van der Waals surface area contributed by atoms with E-state index in [4.69, 9.17) is 10.2 Å². The van der Waals surface area contributed by atoms with E-state index in [-0.39, 0.29) is 0 Å². The van der Waals surface area contributed by atoms with Gasteiger partial charge in [-0.3, -0.25) is 0 Å². The molecule has 0 aliphatic carbocycles. The molecule has 12 nitrogen and oxygen atoms in total. The zero-order valence-electron chi connectivity index (χ0n) is 24.5. The fourth-order valence-electron chi connectivity index (χ4n) is 2.80. The van der Waals surface area contributed by atoms with Crippen LogP contribution in [0.1, 0.15) is 34.1 Å². The molecule has 0 aromatic carbocycles. The van der Waals surface area contributed by atoms with Crippen LogP contribution < -0.4 is 0 Å².